The lowest BCUT2D eigenvalue weighted by atomic mass is 9.98. The first-order valence-corrected chi connectivity index (χ1v) is 8.91. The van der Waals surface area contributed by atoms with Gasteiger partial charge in [-0.1, -0.05) is 6.92 Å². The topological polar surface area (TPSA) is 69.0 Å². The summed E-state index contributed by atoms with van der Waals surface area (Å²) in [6.45, 7) is 5.55. The van der Waals surface area contributed by atoms with Crippen LogP contribution >= 0.6 is 0 Å². The molecule has 0 radical (unpaired) electrons. The third-order valence-electron chi connectivity index (χ3n) is 5.26. The van der Waals surface area contributed by atoms with Crippen LogP contribution < -0.4 is 15.1 Å². The molecule has 6 heteroatoms. The summed E-state index contributed by atoms with van der Waals surface area (Å²) in [5.74, 6) is 1.50. The van der Waals surface area contributed by atoms with Gasteiger partial charge in [0.2, 0.25) is 11.7 Å². The average Bonchev–Trinajstić information content (AvgIpc) is 2.64. The van der Waals surface area contributed by atoms with Crippen LogP contribution in [0.3, 0.4) is 0 Å². The van der Waals surface area contributed by atoms with Gasteiger partial charge in [-0.25, -0.2) is 4.79 Å². The lowest BCUT2D eigenvalue weighted by molar-refractivity contribution is -0.131. The van der Waals surface area contributed by atoms with Gasteiger partial charge in [0.25, 0.3) is 0 Å². The number of rotatable bonds is 4. The number of fused-ring (bicyclic) bond motifs is 1. The third-order valence-corrected chi connectivity index (χ3v) is 5.26. The van der Waals surface area contributed by atoms with Crippen LogP contribution in [0.2, 0.25) is 0 Å². The number of likely N-dealkylation sites (tertiary alicyclic amines) is 1. The highest BCUT2D eigenvalue weighted by Gasteiger charge is 2.24. The zero-order valence-electron chi connectivity index (χ0n) is 15.8. The summed E-state index contributed by atoms with van der Waals surface area (Å²) in [5.41, 5.74) is 1.00. The summed E-state index contributed by atoms with van der Waals surface area (Å²) in [6.07, 6.45) is 2.08. The van der Waals surface area contributed by atoms with Gasteiger partial charge < -0.3 is 18.8 Å². The Morgan fingerprint density at radius 2 is 1.92 bits per heavy atom. The van der Waals surface area contributed by atoms with Crippen molar-refractivity contribution in [1.82, 2.24) is 4.90 Å². The van der Waals surface area contributed by atoms with E-state index in [0.717, 1.165) is 36.9 Å². The molecule has 1 aliphatic rings. The molecule has 1 saturated heterocycles. The molecule has 0 saturated carbocycles. The first kappa shape index (κ1) is 18.3. The van der Waals surface area contributed by atoms with Crippen LogP contribution in [0.5, 0.6) is 11.5 Å². The number of carbonyl (C=O) groups is 1. The number of aryl methyl sites for hydroxylation is 1. The lowest BCUT2D eigenvalue weighted by Gasteiger charge is -2.30. The summed E-state index contributed by atoms with van der Waals surface area (Å²) in [7, 11) is 3.03. The third kappa shape index (κ3) is 3.28. The second kappa shape index (κ2) is 7.40. The van der Waals surface area contributed by atoms with Crippen molar-refractivity contribution >= 4 is 16.9 Å². The molecular weight excluding hydrogens is 334 g/mol. The van der Waals surface area contributed by atoms with Crippen molar-refractivity contribution < 1.29 is 18.7 Å². The summed E-state index contributed by atoms with van der Waals surface area (Å²) in [4.78, 5) is 27.0. The number of hydrogen-bond donors (Lipinski definition) is 0. The Balaban J connectivity index is 1.97. The van der Waals surface area contributed by atoms with Crippen molar-refractivity contribution in [3.05, 3.63) is 33.7 Å². The van der Waals surface area contributed by atoms with Gasteiger partial charge in [-0.05, 0) is 43.4 Å². The average molecular weight is 359 g/mol. The van der Waals surface area contributed by atoms with Gasteiger partial charge in [0.1, 0.15) is 0 Å². The molecule has 6 nitrogen and oxygen atoms in total. The van der Waals surface area contributed by atoms with Crippen molar-refractivity contribution in [1.29, 1.82) is 0 Å². The molecule has 0 aliphatic carbocycles. The number of carbonyl (C=O) groups excluding carboxylic acids is 1. The van der Waals surface area contributed by atoms with E-state index in [4.69, 9.17) is 13.9 Å². The minimum Gasteiger partial charge on any atom is -0.493 e. The second-order valence-corrected chi connectivity index (χ2v) is 6.91. The monoisotopic (exact) mass is 359 g/mol. The number of methoxy groups -OCH3 is 2. The van der Waals surface area contributed by atoms with Crippen molar-refractivity contribution in [2.45, 2.75) is 33.1 Å². The van der Waals surface area contributed by atoms with Crippen molar-refractivity contribution in [3.8, 4) is 11.5 Å². The summed E-state index contributed by atoms with van der Waals surface area (Å²) in [5, 5.41) is 0.748. The van der Waals surface area contributed by atoms with Gasteiger partial charge in [-0.3, -0.25) is 4.79 Å². The normalized spacial score (nSPS) is 15.3. The zero-order chi connectivity index (χ0) is 18.8. The largest absolute Gasteiger partial charge is 0.493 e. The Labute approximate surface area is 152 Å². The van der Waals surface area contributed by atoms with Gasteiger partial charge in [0, 0.05) is 18.5 Å². The van der Waals surface area contributed by atoms with Gasteiger partial charge in [0.05, 0.1) is 26.2 Å². The van der Waals surface area contributed by atoms with Gasteiger partial charge in [0.15, 0.2) is 11.3 Å². The first-order valence-electron chi connectivity index (χ1n) is 8.91. The summed E-state index contributed by atoms with van der Waals surface area (Å²) in [6, 6.07) is 3.59. The number of nitrogens with zero attached hydrogens (tertiary/aromatic N) is 1. The highest BCUT2D eigenvalue weighted by Crippen LogP contribution is 2.36. The second-order valence-electron chi connectivity index (χ2n) is 6.91. The van der Waals surface area contributed by atoms with E-state index >= 15 is 0 Å². The standard InChI is InChI=1S/C20H25NO5/c1-12-7-9-21(10-8-12)17(22)11-15-13(2)14-5-6-16(24-3)19(25-4)18(14)26-20(15)23/h5-6,12H,7-11H2,1-4H3. The van der Waals surface area contributed by atoms with Crippen LogP contribution in [-0.2, 0) is 11.2 Å². The van der Waals surface area contributed by atoms with Crippen molar-refractivity contribution in [2.24, 2.45) is 5.92 Å². The molecule has 1 aliphatic heterocycles. The predicted molar refractivity (Wildman–Crippen MR) is 99.0 cm³/mol. The minimum atomic E-state index is -0.500. The molecule has 0 atom stereocenters. The SMILES string of the molecule is COc1ccc2c(C)c(CC(=O)N3CCC(C)CC3)c(=O)oc2c1OC. The molecule has 0 bridgehead atoms. The maximum atomic E-state index is 12.6. The Bertz CT molecular complexity index is 878. The van der Waals surface area contributed by atoms with E-state index < -0.39 is 5.63 Å². The fourth-order valence-electron chi connectivity index (χ4n) is 3.49. The van der Waals surface area contributed by atoms with E-state index in [1.54, 1.807) is 6.07 Å². The van der Waals surface area contributed by atoms with E-state index in [0.29, 0.717) is 28.6 Å². The summed E-state index contributed by atoms with van der Waals surface area (Å²) >= 11 is 0. The molecule has 1 aromatic heterocycles. The van der Waals surface area contributed by atoms with Crippen LogP contribution in [0.25, 0.3) is 11.0 Å². The van der Waals surface area contributed by atoms with Crippen molar-refractivity contribution in [3.63, 3.8) is 0 Å². The number of piperidine rings is 1. The quantitative estimate of drug-likeness (QED) is 0.785. The molecule has 2 aromatic rings. The maximum Gasteiger partial charge on any atom is 0.340 e. The Morgan fingerprint density at radius 1 is 1.23 bits per heavy atom. The molecule has 0 N–H and O–H groups in total. The minimum absolute atomic E-state index is 0.0212. The maximum absolute atomic E-state index is 12.6. The summed E-state index contributed by atoms with van der Waals surface area (Å²) < 4.78 is 16.1. The van der Waals surface area contributed by atoms with E-state index in [-0.39, 0.29) is 12.3 Å². The van der Waals surface area contributed by atoms with Gasteiger partial charge in [-0.15, -0.1) is 0 Å². The van der Waals surface area contributed by atoms with Crippen molar-refractivity contribution in [2.75, 3.05) is 27.3 Å². The number of benzene rings is 1. The van der Waals surface area contributed by atoms with Crippen LogP contribution in [0.4, 0.5) is 0 Å². The van der Waals surface area contributed by atoms with Gasteiger partial charge in [-0.2, -0.15) is 0 Å². The van der Waals surface area contributed by atoms with E-state index in [1.165, 1.54) is 14.2 Å². The van der Waals surface area contributed by atoms with Crippen LogP contribution in [-0.4, -0.2) is 38.1 Å². The number of ether oxygens (including phenoxy) is 2. The molecule has 0 unspecified atom stereocenters. The molecule has 140 valence electrons. The van der Waals surface area contributed by atoms with Gasteiger partial charge >= 0.3 is 5.63 Å². The first-order chi connectivity index (χ1) is 12.5. The zero-order valence-corrected chi connectivity index (χ0v) is 15.8. The smallest absolute Gasteiger partial charge is 0.340 e. The van der Waals surface area contributed by atoms with E-state index in [1.807, 2.05) is 17.9 Å². The fraction of sp³-hybridized carbons (Fsp3) is 0.500. The molecule has 1 fully saturated rings. The van der Waals surface area contributed by atoms with Crippen LogP contribution in [0.15, 0.2) is 21.3 Å². The van der Waals surface area contributed by atoms with Crippen LogP contribution in [0.1, 0.15) is 30.9 Å². The molecule has 2 heterocycles. The molecule has 3 rings (SSSR count). The molecule has 1 aromatic carbocycles. The molecule has 0 spiro atoms. The molecule has 26 heavy (non-hydrogen) atoms. The Hall–Kier alpha value is -2.50. The van der Waals surface area contributed by atoms with Crippen LogP contribution in [0, 0.1) is 12.8 Å². The lowest BCUT2D eigenvalue weighted by Crippen LogP contribution is -2.39. The fourth-order valence-corrected chi connectivity index (χ4v) is 3.49. The Morgan fingerprint density at radius 3 is 2.54 bits per heavy atom. The highest BCUT2D eigenvalue weighted by atomic mass is 16.5. The number of amides is 1. The van der Waals surface area contributed by atoms with E-state index in [2.05, 4.69) is 6.92 Å². The highest BCUT2D eigenvalue weighted by molar-refractivity contribution is 5.89. The molecular formula is C20H25NO5. The molecule has 1 amide bonds. The predicted octanol–water partition coefficient (Wildman–Crippen LogP) is 2.92. The Kier molecular flexibility index (Phi) is 5.20. The number of hydrogen-bond acceptors (Lipinski definition) is 5. The van der Waals surface area contributed by atoms with E-state index in [9.17, 15) is 9.59 Å².